The second-order valence-electron chi connectivity index (χ2n) is 9.13. The Hall–Kier alpha value is -4.25. The monoisotopic (exact) mass is 581 g/mol. The fourth-order valence-corrected chi connectivity index (χ4v) is 6.01. The van der Waals surface area contributed by atoms with Gasteiger partial charge in [0.1, 0.15) is 17.5 Å². The van der Waals surface area contributed by atoms with Crippen molar-refractivity contribution in [2.45, 2.75) is 26.8 Å². The van der Waals surface area contributed by atoms with Gasteiger partial charge >= 0.3 is 0 Å². The highest BCUT2D eigenvalue weighted by molar-refractivity contribution is 7.07. The lowest BCUT2D eigenvalue weighted by Crippen LogP contribution is -2.43. The van der Waals surface area contributed by atoms with E-state index in [4.69, 9.17) is 28.7 Å². The number of allylic oxidation sites excluding steroid dienone is 1. The summed E-state index contributed by atoms with van der Waals surface area (Å²) in [5.41, 5.74) is 1.95. The van der Waals surface area contributed by atoms with Crippen LogP contribution in [-0.2, 0) is 4.79 Å². The molecule has 4 rings (SSSR count). The third kappa shape index (κ3) is 5.41. The van der Waals surface area contributed by atoms with Crippen molar-refractivity contribution in [1.82, 2.24) is 9.47 Å². The predicted octanol–water partition coefficient (Wildman–Crippen LogP) is 3.15. The Balaban J connectivity index is 2.02. The maximum absolute atomic E-state index is 14.1. The number of amides is 1. The number of benzene rings is 2. The normalized spacial score (nSPS) is 14.7. The van der Waals surface area contributed by atoms with Crippen molar-refractivity contribution in [3.8, 4) is 28.7 Å². The number of nitrogens with zero attached hydrogens (tertiary/aromatic N) is 3. The Kier molecular flexibility index (Phi) is 9.07. The highest BCUT2D eigenvalue weighted by Crippen LogP contribution is 2.39. The Morgan fingerprint density at radius 2 is 1.59 bits per heavy atom. The fourth-order valence-electron chi connectivity index (χ4n) is 4.96. The smallest absolute Gasteiger partial charge is 0.271 e. The van der Waals surface area contributed by atoms with Gasteiger partial charge in [0.25, 0.3) is 11.5 Å². The minimum absolute atomic E-state index is 0.190. The van der Waals surface area contributed by atoms with Crippen LogP contribution in [0.25, 0.3) is 6.08 Å². The van der Waals surface area contributed by atoms with Gasteiger partial charge in [-0.15, -0.1) is 0 Å². The lowest BCUT2D eigenvalue weighted by Gasteiger charge is -2.30. The maximum atomic E-state index is 14.1. The number of rotatable bonds is 10. The molecule has 0 spiro atoms. The Morgan fingerprint density at radius 1 is 0.951 bits per heavy atom. The van der Waals surface area contributed by atoms with Crippen LogP contribution in [-0.4, -0.2) is 64.0 Å². The highest BCUT2D eigenvalue weighted by Gasteiger charge is 2.36. The van der Waals surface area contributed by atoms with Crippen molar-refractivity contribution in [2.75, 3.05) is 48.6 Å². The van der Waals surface area contributed by atoms with Crippen LogP contribution in [0.5, 0.6) is 28.7 Å². The Labute approximate surface area is 242 Å². The van der Waals surface area contributed by atoms with E-state index in [9.17, 15) is 9.59 Å². The summed E-state index contributed by atoms with van der Waals surface area (Å²) in [6.07, 6.45) is 1.75. The zero-order valence-electron chi connectivity index (χ0n) is 24.6. The molecule has 0 saturated heterocycles. The number of carbonyl (C=O) groups is 1. The van der Waals surface area contributed by atoms with Crippen LogP contribution in [0, 0.1) is 0 Å². The van der Waals surface area contributed by atoms with E-state index in [1.807, 2.05) is 13.8 Å². The molecule has 41 heavy (non-hydrogen) atoms. The molecule has 1 aliphatic heterocycles. The first-order valence-corrected chi connectivity index (χ1v) is 13.9. The van der Waals surface area contributed by atoms with Crippen molar-refractivity contribution in [3.05, 3.63) is 72.4 Å². The van der Waals surface area contributed by atoms with Crippen LogP contribution in [0.2, 0.25) is 0 Å². The molecular weight excluding hydrogens is 546 g/mol. The van der Waals surface area contributed by atoms with Crippen molar-refractivity contribution in [2.24, 2.45) is 4.99 Å². The van der Waals surface area contributed by atoms with Crippen LogP contribution in [0.4, 0.5) is 0 Å². The number of aromatic nitrogens is 1. The van der Waals surface area contributed by atoms with Gasteiger partial charge in [-0.05, 0) is 62.7 Å². The molecule has 0 saturated carbocycles. The number of ether oxygens (including phenoxy) is 5. The zero-order chi connectivity index (χ0) is 29.8. The van der Waals surface area contributed by atoms with Gasteiger partial charge in [0.2, 0.25) is 5.75 Å². The summed E-state index contributed by atoms with van der Waals surface area (Å²) in [7, 11) is 7.73. The molecule has 1 aromatic heterocycles. The van der Waals surface area contributed by atoms with E-state index in [0.717, 1.165) is 0 Å². The second-order valence-corrected chi connectivity index (χ2v) is 10.1. The summed E-state index contributed by atoms with van der Waals surface area (Å²) in [5.74, 6) is 2.29. The van der Waals surface area contributed by atoms with Gasteiger partial charge in [-0.1, -0.05) is 11.3 Å². The van der Waals surface area contributed by atoms with E-state index in [2.05, 4.69) is 0 Å². The molecule has 1 atom stereocenters. The zero-order valence-corrected chi connectivity index (χ0v) is 25.4. The highest BCUT2D eigenvalue weighted by atomic mass is 32.1. The summed E-state index contributed by atoms with van der Waals surface area (Å²) in [6.45, 7) is 6.67. The molecule has 0 bridgehead atoms. The van der Waals surface area contributed by atoms with Crippen LogP contribution < -0.4 is 38.6 Å². The quantitative estimate of drug-likeness (QED) is 0.363. The first-order chi connectivity index (χ1) is 19.8. The molecule has 11 heteroatoms. The van der Waals surface area contributed by atoms with Gasteiger partial charge in [-0.3, -0.25) is 14.2 Å². The SMILES string of the molecule is CCN(CC)C(=O)C1=C(C)N=c2s/c(=C\c3cc(OC)c(OC)c(OC)c3)c(=O)n2[C@@H]1c1cc(OC)ccc1OC. The Morgan fingerprint density at radius 3 is 2.12 bits per heavy atom. The second kappa shape index (κ2) is 12.5. The van der Waals surface area contributed by atoms with Gasteiger partial charge in [0.15, 0.2) is 16.3 Å². The molecule has 0 unspecified atom stereocenters. The third-order valence-electron chi connectivity index (χ3n) is 7.02. The average Bonchev–Trinajstić information content (AvgIpc) is 3.29. The summed E-state index contributed by atoms with van der Waals surface area (Å²) < 4.78 is 29.6. The summed E-state index contributed by atoms with van der Waals surface area (Å²) in [5, 5.41) is 0. The van der Waals surface area contributed by atoms with Crippen molar-refractivity contribution < 1.29 is 28.5 Å². The molecule has 0 N–H and O–H groups in total. The number of carbonyl (C=O) groups excluding carboxylic acids is 1. The molecule has 218 valence electrons. The van der Waals surface area contributed by atoms with Gasteiger partial charge < -0.3 is 28.6 Å². The van der Waals surface area contributed by atoms with E-state index in [-0.39, 0.29) is 11.5 Å². The van der Waals surface area contributed by atoms with E-state index in [1.165, 1.54) is 32.7 Å². The summed E-state index contributed by atoms with van der Waals surface area (Å²) in [6, 6.07) is 8.10. The molecule has 1 amide bonds. The number of hydrogen-bond acceptors (Lipinski definition) is 9. The van der Waals surface area contributed by atoms with E-state index in [1.54, 1.807) is 67.0 Å². The minimum Gasteiger partial charge on any atom is -0.497 e. The standard InChI is InChI=1S/C30H35N3O7S/c1-9-32(10-2)29(35)25-17(3)31-30-33(26(25)20-16-19(36-4)11-12-21(20)37-5)28(34)24(41-30)15-18-13-22(38-6)27(40-8)23(14-18)39-7/h11-16,26H,9-10H2,1-8H3/b24-15-/t26-/m1/s1. The summed E-state index contributed by atoms with van der Waals surface area (Å²) in [4.78, 5) is 35.0. The lowest BCUT2D eigenvalue weighted by molar-refractivity contribution is -0.127. The maximum Gasteiger partial charge on any atom is 0.271 e. The molecular formula is C30H35N3O7S. The molecule has 3 aromatic rings. The molecule has 10 nitrogen and oxygen atoms in total. The number of likely N-dealkylation sites (N-methyl/N-ethyl adjacent to an activating group) is 1. The predicted molar refractivity (Wildman–Crippen MR) is 157 cm³/mol. The Bertz CT molecular complexity index is 1640. The van der Waals surface area contributed by atoms with Crippen LogP contribution in [0.1, 0.15) is 37.9 Å². The number of fused-ring (bicyclic) bond motifs is 1. The van der Waals surface area contributed by atoms with E-state index in [0.29, 0.717) is 73.6 Å². The third-order valence-corrected chi connectivity index (χ3v) is 8.00. The molecule has 0 radical (unpaired) electrons. The fraction of sp³-hybridized carbons (Fsp3) is 0.367. The number of methoxy groups -OCH3 is 5. The van der Waals surface area contributed by atoms with E-state index >= 15 is 0 Å². The molecule has 2 aromatic carbocycles. The lowest BCUT2D eigenvalue weighted by atomic mass is 9.93. The number of hydrogen-bond donors (Lipinski definition) is 0. The van der Waals surface area contributed by atoms with E-state index < -0.39 is 6.04 Å². The van der Waals surface area contributed by atoms with Gasteiger partial charge in [0, 0.05) is 18.7 Å². The van der Waals surface area contributed by atoms with Gasteiger partial charge in [0.05, 0.1) is 51.4 Å². The largest absolute Gasteiger partial charge is 0.497 e. The first kappa shape index (κ1) is 29.7. The van der Waals surface area contributed by atoms with Gasteiger partial charge in [-0.2, -0.15) is 0 Å². The topological polar surface area (TPSA) is 101 Å². The van der Waals surface area contributed by atoms with Crippen molar-refractivity contribution in [3.63, 3.8) is 0 Å². The van der Waals surface area contributed by atoms with Crippen molar-refractivity contribution in [1.29, 1.82) is 0 Å². The van der Waals surface area contributed by atoms with Crippen molar-refractivity contribution >= 4 is 23.3 Å². The molecule has 0 aliphatic carbocycles. The average molecular weight is 582 g/mol. The molecule has 1 aliphatic rings. The van der Waals surface area contributed by atoms with Crippen LogP contribution in [0.15, 0.2) is 51.4 Å². The first-order valence-electron chi connectivity index (χ1n) is 13.1. The van der Waals surface area contributed by atoms with Crippen LogP contribution >= 0.6 is 11.3 Å². The molecule has 2 heterocycles. The number of thiazole rings is 1. The molecule has 0 fully saturated rings. The van der Waals surface area contributed by atoms with Gasteiger partial charge in [-0.25, -0.2) is 4.99 Å². The summed E-state index contributed by atoms with van der Waals surface area (Å²) >= 11 is 1.24. The van der Waals surface area contributed by atoms with Crippen LogP contribution in [0.3, 0.4) is 0 Å². The minimum atomic E-state index is -0.786.